The highest BCUT2D eigenvalue weighted by Crippen LogP contribution is 2.24. The summed E-state index contributed by atoms with van der Waals surface area (Å²) in [7, 11) is 0. The summed E-state index contributed by atoms with van der Waals surface area (Å²) in [5.41, 5.74) is 2.55. The normalized spacial score (nSPS) is 10.8. The van der Waals surface area contributed by atoms with Gasteiger partial charge in [-0.05, 0) is 5.56 Å². The van der Waals surface area contributed by atoms with E-state index in [1.807, 2.05) is 30.3 Å². The molecular weight excluding hydrogens is 207 g/mol. The third kappa shape index (κ3) is 2.46. The molecule has 0 aliphatic rings. The highest BCUT2D eigenvalue weighted by atomic mass is 35.5. The van der Waals surface area contributed by atoms with Gasteiger partial charge in [0.05, 0.1) is 0 Å². The van der Waals surface area contributed by atoms with Crippen LogP contribution in [-0.2, 0) is 4.79 Å². The van der Waals surface area contributed by atoms with E-state index < -0.39 is 0 Å². The minimum absolute atomic E-state index is 0.0128. The molecule has 0 heterocycles. The molecule has 66 valence electrons. The Kier molecular flexibility index (Phi) is 3.78. The number of hydrogen-bond donors (Lipinski definition) is 0. The molecule has 0 spiro atoms. The Morgan fingerprint density at radius 2 is 1.92 bits per heavy atom. The van der Waals surface area contributed by atoms with Crippen molar-refractivity contribution in [2.24, 2.45) is 0 Å². The standard InChI is InChI=1S/C10H6Cl2O/c11-6-9(10(12)7-13)8-4-2-1-3-5-8/h1-6H/b9-6+. The van der Waals surface area contributed by atoms with Crippen LogP contribution in [-0.4, -0.2) is 5.94 Å². The zero-order valence-electron chi connectivity index (χ0n) is 6.63. The molecule has 0 bridgehead atoms. The molecule has 0 saturated heterocycles. The van der Waals surface area contributed by atoms with Gasteiger partial charge in [-0.3, -0.25) is 0 Å². The van der Waals surface area contributed by atoms with Crippen LogP contribution in [0, 0.1) is 0 Å². The SMILES string of the molecule is O=C=C(Cl)/C(=C/Cl)c1ccccc1. The number of allylic oxidation sites excluding steroid dienone is 2. The van der Waals surface area contributed by atoms with Crippen molar-refractivity contribution in [2.45, 2.75) is 0 Å². The van der Waals surface area contributed by atoms with Gasteiger partial charge in [-0.2, -0.15) is 0 Å². The lowest BCUT2D eigenvalue weighted by Gasteiger charge is -2.00. The molecule has 1 aromatic carbocycles. The summed E-state index contributed by atoms with van der Waals surface area (Å²) in [6.07, 6.45) is 0. The van der Waals surface area contributed by atoms with Gasteiger partial charge in [-0.1, -0.05) is 53.5 Å². The second-order valence-corrected chi connectivity index (χ2v) is 2.90. The molecule has 0 aliphatic heterocycles. The van der Waals surface area contributed by atoms with E-state index >= 15 is 0 Å². The minimum atomic E-state index is -0.0128. The molecule has 0 aliphatic carbocycles. The molecule has 0 aromatic heterocycles. The number of hydrogen-bond acceptors (Lipinski definition) is 1. The molecule has 13 heavy (non-hydrogen) atoms. The first kappa shape index (κ1) is 10.1. The van der Waals surface area contributed by atoms with E-state index in [0.29, 0.717) is 5.57 Å². The van der Waals surface area contributed by atoms with Gasteiger partial charge in [0, 0.05) is 11.1 Å². The summed E-state index contributed by atoms with van der Waals surface area (Å²) in [5, 5.41) is -0.0128. The molecular formula is C10H6Cl2O. The maximum Gasteiger partial charge on any atom is 0.145 e. The average molecular weight is 213 g/mol. The fourth-order valence-corrected chi connectivity index (χ4v) is 1.36. The summed E-state index contributed by atoms with van der Waals surface area (Å²) in [4.78, 5) is 10.3. The van der Waals surface area contributed by atoms with Crippen LogP contribution in [0.4, 0.5) is 0 Å². The van der Waals surface area contributed by atoms with Crippen molar-refractivity contribution in [3.8, 4) is 0 Å². The van der Waals surface area contributed by atoms with Crippen LogP contribution in [0.3, 0.4) is 0 Å². The topological polar surface area (TPSA) is 17.1 Å². The van der Waals surface area contributed by atoms with Gasteiger partial charge >= 0.3 is 0 Å². The maximum atomic E-state index is 10.3. The zero-order chi connectivity index (χ0) is 9.68. The van der Waals surface area contributed by atoms with Crippen LogP contribution in [0.25, 0.3) is 5.57 Å². The number of carbonyl (C=O) groups excluding carboxylic acids is 1. The van der Waals surface area contributed by atoms with Crippen molar-refractivity contribution in [3.63, 3.8) is 0 Å². The van der Waals surface area contributed by atoms with E-state index in [0.717, 1.165) is 5.56 Å². The predicted octanol–water partition coefficient (Wildman–Crippen LogP) is 3.22. The van der Waals surface area contributed by atoms with Crippen molar-refractivity contribution in [1.29, 1.82) is 0 Å². The molecule has 3 heteroatoms. The second-order valence-electron chi connectivity index (χ2n) is 2.30. The Morgan fingerprint density at radius 3 is 2.38 bits per heavy atom. The van der Waals surface area contributed by atoms with Crippen molar-refractivity contribution < 1.29 is 4.79 Å². The maximum absolute atomic E-state index is 10.3. The predicted molar refractivity (Wildman–Crippen MR) is 55.3 cm³/mol. The number of benzene rings is 1. The summed E-state index contributed by atoms with van der Waals surface area (Å²) >= 11 is 11.1. The Balaban J connectivity index is 3.14. The van der Waals surface area contributed by atoms with Crippen molar-refractivity contribution in [2.75, 3.05) is 0 Å². The van der Waals surface area contributed by atoms with Crippen LogP contribution in [0.5, 0.6) is 0 Å². The summed E-state index contributed by atoms with van der Waals surface area (Å²) in [6.45, 7) is 0. The second kappa shape index (κ2) is 4.88. The number of rotatable bonds is 2. The van der Waals surface area contributed by atoms with Crippen LogP contribution in [0.2, 0.25) is 0 Å². The van der Waals surface area contributed by atoms with Crippen molar-refractivity contribution >= 4 is 34.7 Å². The minimum Gasteiger partial charge on any atom is -0.232 e. The van der Waals surface area contributed by atoms with Crippen molar-refractivity contribution in [3.05, 3.63) is 46.5 Å². The smallest absolute Gasteiger partial charge is 0.145 e. The van der Waals surface area contributed by atoms with Crippen molar-refractivity contribution in [1.82, 2.24) is 0 Å². The third-order valence-electron chi connectivity index (χ3n) is 1.52. The van der Waals surface area contributed by atoms with E-state index in [2.05, 4.69) is 0 Å². The highest BCUT2D eigenvalue weighted by molar-refractivity contribution is 6.43. The molecule has 0 fully saturated rings. The first-order valence-corrected chi connectivity index (χ1v) is 4.38. The van der Waals surface area contributed by atoms with E-state index in [4.69, 9.17) is 23.2 Å². The fraction of sp³-hybridized carbons (Fsp3) is 0. The van der Waals surface area contributed by atoms with Crippen LogP contribution in [0.1, 0.15) is 5.56 Å². The molecule has 0 saturated carbocycles. The largest absolute Gasteiger partial charge is 0.232 e. The van der Waals surface area contributed by atoms with Crippen LogP contribution < -0.4 is 0 Å². The summed E-state index contributed by atoms with van der Waals surface area (Å²) in [5.74, 6) is 1.59. The van der Waals surface area contributed by atoms with E-state index in [9.17, 15) is 4.79 Å². The van der Waals surface area contributed by atoms with Crippen LogP contribution in [0.15, 0.2) is 40.9 Å². The Morgan fingerprint density at radius 1 is 1.31 bits per heavy atom. The molecule has 1 nitrogen and oxygen atoms in total. The lowest BCUT2D eigenvalue weighted by molar-refractivity contribution is 0.568. The van der Waals surface area contributed by atoms with Gasteiger partial charge in [-0.25, -0.2) is 4.79 Å². The van der Waals surface area contributed by atoms with Gasteiger partial charge < -0.3 is 0 Å². The highest BCUT2D eigenvalue weighted by Gasteiger charge is 2.04. The van der Waals surface area contributed by atoms with E-state index in [1.165, 1.54) is 5.54 Å². The zero-order valence-corrected chi connectivity index (χ0v) is 8.14. The fourth-order valence-electron chi connectivity index (χ4n) is 0.910. The monoisotopic (exact) mass is 212 g/mol. The van der Waals surface area contributed by atoms with E-state index in [1.54, 1.807) is 5.94 Å². The van der Waals surface area contributed by atoms with Crippen LogP contribution >= 0.6 is 23.2 Å². The number of halogens is 2. The molecule has 0 radical (unpaired) electrons. The third-order valence-corrected chi connectivity index (χ3v) is 2.02. The summed E-state index contributed by atoms with van der Waals surface area (Å²) in [6, 6.07) is 9.17. The molecule has 0 unspecified atom stereocenters. The summed E-state index contributed by atoms with van der Waals surface area (Å²) < 4.78 is 0. The van der Waals surface area contributed by atoms with E-state index in [-0.39, 0.29) is 5.03 Å². The lowest BCUT2D eigenvalue weighted by atomic mass is 10.1. The molecule has 0 N–H and O–H groups in total. The molecule has 0 atom stereocenters. The van der Waals surface area contributed by atoms with Gasteiger partial charge in [0.2, 0.25) is 0 Å². The first-order valence-electron chi connectivity index (χ1n) is 3.56. The molecule has 0 amide bonds. The Labute approximate surface area is 86.3 Å². The quantitative estimate of drug-likeness (QED) is 0.544. The Bertz CT molecular complexity index is 362. The van der Waals surface area contributed by atoms with Gasteiger partial charge in [0.1, 0.15) is 11.0 Å². The Hall–Kier alpha value is -1.01. The first-order chi connectivity index (χ1) is 6.29. The lowest BCUT2D eigenvalue weighted by Crippen LogP contribution is -1.83. The van der Waals surface area contributed by atoms with Gasteiger partial charge in [0.25, 0.3) is 0 Å². The van der Waals surface area contributed by atoms with Gasteiger partial charge in [-0.15, -0.1) is 0 Å². The molecule has 1 rings (SSSR count). The molecule has 1 aromatic rings. The average Bonchev–Trinajstić information content (AvgIpc) is 2.20. The van der Waals surface area contributed by atoms with Gasteiger partial charge in [0.15, 0.2) is 0 Å².